The van der Waals surface area contributed by atoms with Crippen LogP contribution < -0.4 is 53.6 Å². The molecule has 438 valence electrons. The number of aromatic hydroxyl groups is 2. The minimum Gasteiger partial charge on any atom is -0.508 e. The Morgan fingerprint density at radius 3 is 1.30 bits per heavy atom. The van der Waals surface area contributed by atoms with Crippen LogP contribution in [-0.4, -0.2) is 191 Å². The van der Waals surface area contributed by atoms with Crippen molar-refractivity contribution in [1.82, 2.24) is 57.8 Å². The SMILES string of the molecule is C[C@@H](O)[C@H](NC(=O)[C@H](Cc1cnc[nH]1)NC(=O)CN)C(=O)N[C@@H](Cc1ccccc1)C(=O)N[C@H](C(=O)N[C@H](C(=O)N[C@@H](Cc1ccc(O)cc1)C(=O)NCC(=O)N[C@@H](Cc1ccc(O)cc1)C(=O)N[C@@H](CO)C(=O)O)[C@@H](C)O)[C@@H](C)O. The summed E-state index contributed by atoms with van der Waals surface area (Å²) >= 11 is 0. The molecular weight excluding hydrogens is 1060 g/mol. The Morgan fingerprint density at radius 1 is 0.494 bits per heavy atom. The van der Waals surface area contributed by atoms with Gasteiger partial charge in [0.25, 0.3) is 0 Å². The summed E-state index contributed by atoms with van der Waals surface area (Å²) in [7, 11) is 0. The summed E-state index contributed by atoms with van der Waals surface area (Å²) in [5.41, 5.74) is 7.09. The average Bonchev–Trinajstić information content (AvgIpc) is 3.95. The summed E-state index contributed by atoms with van der Waals surface area (Å²) < 4.78 is 0. The Morgan fingerprint density at radius 2 is 0.877 bits per heavy atom. The van der Waals surface area contributed by atoms with Crippen molar-refractivity contribution in [1.29, 1.82) is 0 Å². The van der Waals surface area contributed by atoms with Gasteiger partial charge in [0.1, 0.15) is 59.8 Å². The monoisotopic (exact) mass is 1130 g/mol. The first kappa shape index (κ1) is 64.5. The fraction of sp³-hybridized carbons (Fsp3) is 0.404. The predicted octanol–water partition coefficient (Wildman–Crippen LogP) is -5.74. The van der Waals surface area contributed by atoms with Crippen molar-refractivity contribution in [3.8, 4) is 11.5 Å². The lowest BCUT2D eigenvalue weighted by molar-refractivity contribution is -0.143. The van der Waals surface area contributed by atoms with Gasteiger partial charge in [-0.3, -0.25) is 43.2 Å². The van der Waals surface area contributed by atoms with E-state index >= 15 is 0 Å². The Kier molecular flexibility index (Phi) is 25.1. The van der Waals surface area contributed by atoms with Crippen LogP contribution in [0.2, 0.25) is 0 Å². The standard InChI is InChI=1S/C52H68N12O17/c1-26(66)42(62-48(76)38(57-40(71)21-53)20-32-22-54-25-56-32)49(77)60-37(17-29-7-5-4-6-8-29)47(75)63-44(28(3)68)51(79)64-43(27(2)67)50(78)59-35(18-30-9-13-33(69)14-10-30)45(73)55-23-41(72)58-36(19-31-11-15-34(70)16-12-31)46(74)61-39(24-65)52(80)81/h4-16,22,25-28,35-39,42-44,65-70H,17-21,23-24,53H2,1-3H3,(H,54,56)(H,55,73)(H,57,71)(H,58,72)(H,59,78)(H,60,77)(H,61,74)(H,62,76)(H,63,75)(H,64,79)(H,80,81)/t26-,27-,28-,35+,36+,37+,38+,39+,42+,43+,44+/m1/s1. The number of rotatable bonds is 31. The number of carbonyl (C=O) groups excluding carboxylic acids is 9. The molecule has 4 aromatic rings. The highest BCUT2D eigenvalue weighted by atomic mass is 16.4. The van der Waals surface area contributed by atoms with E-state index in [0.29, 0.717) is 22.4 Å². The van der Waals surface area contributed by atoms with Crippen molar-refractivity contribution in [2.75, 3.05) is 19.7 Å². The minimum absolute atomic E-state index is 0.114. The second-order valence-electron chi connectivity index (χ2n) is 18.8. The lowest BCUT2D eigenvalue weighted by Gasteiger charge is -2.29. The van der Waals surface area contributed by atoms with E-state index in [-0.39, 0.29) is 37.2 Å². The molecule has 1 heterocycles. The number of phenols is 2. The van der Waals surface area contributed by atoms with Crippen molar-refractivity contribution in [2.45, 2.75) is 113 Å². The highest BCUT2D eigenvalue weighted by Gasteiger charge is 2.38. The van der Waals surface area contributed by atoms with Crippen LogP contribution in [0.3, 0.4) is 0 Å². The van der Waals surface area contributed by atoms with Crippen molar-refractivity contribution in [2.24, 2.45) is 5.73 Å². The zero-order valence-corrected chi connectivity index (χ0v) is 44.2. The maximum absolute atomic E-state index is 14.2. The highest BCUT2D eigenvalue weighted by molar-refractivity contribution is 5.98. The Labute approximate surface area is 463 Å². The van der Waals surface area contributed by atoms with Gasteiger partial charge in [-0.05, 0) is 61.7 Å². The van der Waals surface area contributed by atoms with E-state index in [4.69, 9.17) is 5.73 Å². The summed E-state index contributed by atoms with van der Waals surface area (Å²) in [4.78, 5) is 141. The summed E-state index contributed by atoms with van der Waals surface area (Å²) in [6.07, 6.45) is -3.34. The number of aliphatic hydroxyl groups is 4. The molecule has 11 atom stereocenters. The van der Waals surface area contributed by atoms with Gasteiger partial charge >= 0.3 is 5.97 Å². The molecule has 1 aromatic heterocycles. The van der Waals surface area contributed by atoms with Crippen LogP contribution in [-0.2, 0) is 73.6 Å². The van der Waals surface area contributed by atoms with Crippen LogP contribution in [0.15, 0.2) is 91.4 Å². The number of benzene rings is 3. The fourth-order valence-electron chi connectivity index (χ4n) is 7.78. The predicted molar refractivity (Wildman–Crippen MR) is 283 cm³/mol. The number of nitrogens with one attached hydrogen (secondary N) is 10. The molecule has 4 rings (SSSR count). The van der Waals surface area contributed by atoms with Gasteiger partial charge in [0.2, 0.25) is 53.2 Å². The molecule has 0 fully saturated rings. The van der Waals surface area contributed by atoms with Gasteiger partial charge in [-0.25, -0.2) is 9.78 Å². The van der Waals surface area contributed by atoms with Crippen molar-refractivity contribution in [3.05, 3.63) is 114 Å². The quantitative estimate of drug-likeness (QED) is 0.0223. The summed E-state index contributed by atoms with van der Waals surface area (Å²) in [5.74, 6) is -11.2. The molecule has 29 nitrogen and oxygen atoms in total. The second-order valence-corrected chi connectivity index (χ2v) is 18.8. The third-order valence-corrected chi connectivity index (χ3v) is 12.2. The number of hydrogen-bond donors (Lipinski definition) is 18. The van der Waals surface area contributed by atoms with Crippen molar-refractivity contribution < 1.29 is 83.7 Å². The van der Waals surface area contributed by atoms with E-state index < -0.39 is 145 Å². The smallest absolute Gasteiger partial charge is 0.328 e. The highest BCUT2D eigenvalue weighted by Crippen LogP contribution is 2.14. The number of carboxylic acid groups (broad SMARTS) is 1. The molecule has 0 saturated heterocycles. The summed E-state index contributed by atoms with van der Waals surface area (Å²) in [6, 6.07) is 5.60. The largest absolute Gasteiger partial charge is 0.508 e. The number of aromatic nitrogens is 2. The van der Waals surface area contributed by atoms with Crippen LogP contribution in [0.25, 0.3) is 0 Å². The van der Waals surface area contributed by atoms with Crippen LogP contribution in [0.1, 0.15) is 43.2 Å². The Hall–Kier alpha value is -9.03. The fourth-order valence-corrected chi connectivity index (χ4v) is 7.78. The number of aliphatic carboxylic acids is 1. The maximum Gasteiger partial charge on any atom is 0.328 e. The third kappa shape index (κ3) is 20.9. The molecule has 9 amide bonds. The first-order chi connectivity index (χ1) is 38.4. The molecule has 0 spiro atoms. The number of carbonyl (C=O) groups is 10. The minimum atomic E-state index is -1.93. The van der Waals surface area contributed by atoms with Crippen LogP contribution in [0.5, 0.6) is 11.5 Å². The molecule has 0 bridgehead atoms. The molecule has 0 saturated carbocycles. The summed E-state index contributed by atoms with van der Waals surface area (Å²) in [5, 5.41) is 92.0. The lowest BCUT2D eigenvalue weighted by Crippen LogP contribution is -2.64. The number of imidazole rings is 1. The van der Waals surface area contributed by atoms with Crippen molar-refractivity contribution in [3.63, 3.8) is 0 Å². The third-order valence-electron chi connectivity index (χ3n) is 12.2. The van der Waals surface area contributed by atoms with Crippen LogP contribution >= 0.6 is 0 Å². The summed E-state index contributed by atoms with van der Waals surface area (Å²) in [6.45, 7) is 1.05. The average molecular weight is 1130 g/mol. The van der Waals surface area contributed by atoms with Crippen LogP contribution in [0.4, 0.5) is 0 Å². The molecule has 0 aliphatic rings. The first-order valence-corrected chi connectivity index (χ1v) is 25.2. The molecule has 0 radical (unpaired) electrons. The topological polar surface area (TPSA) is 475 Å². The number of amides is 9. The van der Waals surface area contributed by atoms with Gasteiger partial charge < -0.3 is 94.3 Å². The molecule has 81 heavy (non-hydrogen) atoms. The Bertz CT molecular complexity index is 2770. The van der Waals surface area contributed by atoms with E-state index in [9.17, 15) is 83.7 Å². The number of nitrogens with zero attached hydrogens (tertiary/aromatic N) is 1. The van der Waals surface area contributed by atoms with E-state index in [1.165, 1.54) is 68.0 Å². The Balaban J connectivity index is 1.53. The number of hydrogen-bond acceptors (Lipinski definition) is 18. The van der Waals surface area contributed by atoms with Gasteiger partial charge in [-0.1, -0.05) is 54.6 Å². The molecule has 0 aliphatic heterocycles. The molecule has 29 heteroatoms. The number of H-pyrrole nitrogens is 1. The number of phenolic OH excluding ortho intramolecular Hbond substituents is 2. The van der Waals surface area contributed by atoms with E-state index in [1.807, 2.05) is 0 Å². The molecule has 0 unspecified atom stereocenters. The zero-order valence-electron chi connectivity index (χ0n) is 44.2. The van der Waals surface area contributed by atoms with E-state index in [0.717, 1.165) is 13.8 Å². The molecule has 3 aromatic carbocycles. The van der Waals surface area contributed by atoms with Gasteiger partial charge in [-0.2, -0.15) is 0 Å². The van der Waals surface area contributed by atoms with Gasteiger partial charge in [0.05, 0.1) is 44.3 Å². The van der Waals surface area contributed by atoms with Crippen LogP contribution in [0, 0.1) is 0 Å². The molecular formula is C52H68N12O17. The van der Waals surface area contributed by atoms with Gasteiger partial charge in [-0.15, -0.1) is 0 Å². The van der Waals surface area contributed by atoms with Gasteiger partial charge in [0.15, 0.2) is 0 Å². The number of aromatic amines is 1. The molecule has 19 N–H and O–H groups in total. The maximum atomic E-state index is 14.2. The number of aliphatic hydroxyl groups excluding tert-OH is 4. The van der Waals surface area contributed by atoms with E-state index in [2.05, 4.69) is 57.8 Å². The molecule has 0 aliphatic carbocycles. The lowest BCUT2D eigenvalue weighted by atomic mass is 10.0. The first-order valence-electron chi connectivity index (χ1n) is 25.2. The second kappa shape index (κ2) is 31.5. The normalized spacial score (nSPS) is 15.1. The van der Waals surface area contributed by atoms with Gasteiger partial charge in [0, 0.05) is 37.6 Å². The zero-order chi connectivity index (χ0) is 59.9. The number of carboxylic acids is 1. The van der Waals surface area contributed by atoms with Crippen molar-refractivity contribution >= 4 is 59.1 Å². The number of nitrogens with two attached hydrogens (primary N) is 1. The van der Waals surface area contributed by atoms with E-state index in [1.54, 1.807) is 30.3 Å².